The zero-order valence-electron chi connectivity index (χ0n) is 12.9. The van der Waals surface area contributed by atoms with Crippen LogP contribution in [0, 0.1) is 0 Å². The maximum atomic E-state index is 12.1. The SMILES string of the molecule is O=CN1CCN(CC(=O)Nc2nc(-c3ccc(Cl)cc3)cs2)CC1. The van der Waals surface area contributed by atoms with Gasteiger partial charge in [-0.3, -0.25) is 14.5 Å². The summed E-state index contributed by atoms with van der Waals surface area (Å²) in [5, 5.41) is 6.00. The zero-order chi connectivity index (χ0) is 16.9. The zero-order valence-corrected chi connectivity index (χ0v) is 14.5. The lowest BCUT2D eigenvalue weighted by atomic mass is 10.2. The minimum absolute atomic E-state index is 0.0911. The summed E-state index contributed by atoms with van der Waals surface area (Å²) in [6, 6.07) is 7.42. The van der Waals surface area contributed by atoms with Crippen LogP contribution in [0.4, 0.5) is 5.13 Å². The molecule has 3 rings (SSSR count). The normalized spacial score (nSPS) is 15.3. The Morgan fingerprint density at radius 2 is 1.96 bits per heavy atom. The van der Waals surface area contributed by atoms with Gasteiger partial charge in [0.15, 0.2) is 5.13 Å². The molecule has 0 atom stereocenters. The van der Waals surface area contributed by atoms with Crippen LogP contribution in [-0.4, -0.2) is 59.8 Å². The predicted molar refractivity (Wildman–Crippen MR) is 95.3 cm³/mol. The largest absolute Gasteiger partial charge is 0.343 e. The monoisotopic (exact) mass is 364 g/mol. The van der Waals surface area contributed by atoms with Gasteiger partial charge in [-0.2, -0.15) is 0 Å². The number of piperazine rings is 1. The Balaban J connectivity index is 1.54. The average Bonchev–Trinajstić information content (AvgIpc) is 3.04. The fourth-order valence-electron chi connectivity index (χ4n) is 2.47. The molecule has 126 valence electrons. The van der Waals surface area contributed by atoms with Crippen LogP contribution in [-0.2, 0) is 9.59 Å². The van der Waals surface area contributed by atoms with E-state index in [1.807, 2.05) is 34.5 Å². The second-order valence-corrected chi connectivity index (χ2v) is 6.81. The molecule has 2 aromatic rings. The third-order valence-corrected chi connectivity index (χ3v) is 4.82. The molecule has 0 radical (unpaired) electrons. The molecule has 1 aliphatic heterocycles. The number of nitrogens with one attached hydrogen (secondary N) is 1. The van der Waals surface area contributed by atoms with E-state index in [9.17, 15) is 9.59 Å². The van der Waals surface area contributed by atoms with Crippen LogP contribution in [0.25, 0.3) is 11.3 Å². The number of anilines is 1. The minimum atomic E-state index is -0.0911. The van der Waals surface area contributed by atoms with Gasteiger partial charge in [-0.05, 0) is 12.1 Å². The lowest BCUT2D eigenvalue weighted by Crippen LogP contribution is -2.48. The van der Waals surface area contributed by atoms with E-state index < -0.39 is 0 Å². The molecule has 8 heteroatoms. The minimum Gasteiger partial charge on any atom is -0.343 e. The lowest BCUT2D eigenvalue weighted by molar-refractivity contribution is -0.120. The number of benzene rings is 1. The standard InChI is InChI=1S/C16H17ClN4O2S/c17-13-3-1-12(2-4-13)14-10-24-16(18-14)19-15(23)9-20-5-7-21(11-22)8-6-20/h1-4,10-11H,5-9H2,(H,18,19,23). The number of nitrogens with zero attached hydrogens (tertiary/aromatic N) is 3. The van der Waals surface area contributed by atoms with Crippen molar-refractivity contribution < 1.29 is 9.59 Å². The number of amides is 2. The van der Waals surface area contributed by atoms with Crippen molar-refractivity contribution >= 4 is 40.4 Å². The summed E-state index contributed by atoms with van der Waals surface area (Å²) in [5.74, 6) is -0.0911. The molecule has 0 aliphatic carbocycles. The van der Waals surface area contributed by atoms with E-state index in [0.29, 0.717) is 42.9 Å². The van der Waals surface area contributed by atoms with E-state index >= 15 is 0 Å². The van der Waals surface area contributed by atoms with Gasteiger partial charge in [-0.25, -0.2) is 4.98 Å². The highest BCUT2D eigenvalue weighted by Crippen LogP contribution is 2.25. The number of hydrogen-bond acceptors (Lipinski definition) is 5. The Bertz CT molecular complexity index is 711. The summed E-state index contributed by atoms with van der Waals surface area (Å²) in [6.45, 7) is 3.05. The number of halogens is 1. The number of rotatable bonds is 5. The van der Waals surface area contributed by atoms with Gasteiger partial charge in [0.2, 0.25) is 12.3 Å². The molecule has 6 nitrogen and oxygen atoms in total. The third kappa shape index (κ3) is 4.31. The Hall–Kier alpha value is -1.96. The van der Waals surface area contributed by atoms with Crippen molar-refractivity contribution in [3.05, 3.63) is 34.7 Å². The number of thiazole rings is 1. The Kier molecular flexibility index (Phi) is 5.44. The molecule has 1 aromatic heterocycles. The van der Waals surface area contributed by atoms with E-state index in [-0.39, 0.29) is 5.91 Å². The highest BCUT2D eigenvalue weighted by Gasteiger charge is 2.18. The maximum Gasteiger partial charge on any atom is 0.240 e. The van der Waals surface area contributed by atoms with Crippen LogP contribution >= 0.6 is 22.9 Å². The Morgan fingerprint density at radius 1 is 1.25 bits per heavy atom. The first-order valence-electron chi connectivity index (χ1n) is 7.57. The van der Waals surface area contributed by atoms with Gasteiger partial charge in [0.25, 0.3) is 0 Å². The van der Waals surface area contributed by atoms with Crippen molar-refractivity contribution in [1.29, 1.82) is 0 Å². The third-order valence-electron chi connectivity index (χ3n) is 3.81. The van der Waals surface area contributed by atoms with Crippen LogP contribution in [0.5, 0.6) is 0 Å². The lowest BCUT2D eigenvalue weighted by Gasteiger charge is -2.31. The predicted octanol–water partition coefficient (Wildman–Crippen LogP) is 2.18. The van der Waals surface area contributed by atoms with Crippen LogP contribution < -0.4 is 5.32 Å². The van der Waals surface area contributed by atoms with Gasteiger partial charge >= 0.3 is 0 Å². The van der Waals surface area contributed by atoms with Gasteiger partial charge in [0.05, 0.1) is 12.2 Å². The summed E-state index contributed by atoms with van der Waals surface area (Å²) in [4.78, 5) is 31.0. The van der Waals surface area contributed by atoms with E-state index in [2.05, 4.69) is 10.3 Å². The Morgan fingerprint density at radius 3 is 2.62 bits per heavy atom. The van der Waals surface area contributed by atoms with Gasteiger partial charge in [0.1, 0.15) is 0 Å². The summed E-state index contributed by atoms with van der Waals surface area (Å²) in [6.07, 6.45) is 0.852. The number of carbonyl (C=O) groups is 2. The van der Waals surface area contributed by atoms with Crippen molar-refractivity contribution in [2.45, 2.75) is 0 Å². The molecular weight excluding hydrogens is 348 g/mol. The molecule has 1 N–H and O–H groups in total. The molecule has 24 heavy (non-hydrogen) atoms. The van der Waals surface area contributed by atoms with Crippen molar-refractivity contribution in [3.63, 3.8) is 0 Å². The molecule has 0 bridgehead atoms. The van der Waals surface area contributed by atoms with E-state index in [1.165, 1.54) is 11.3 Å². The fraction of sp³-hybridized carbons (Fsp3) is 0.312. The van der Waals surface area contributed by atoms with Crippen LogP contribution in [0.3, 0.4) is 0 Å². The Labute approximate surface area is 149 Å². The maximum absolute atomic E-state index is 12.1. The smallest absolute Gasteiger partial charge is 0.240 e. The number of carbonyl (C=O) groups excluding carboxylic acids is 2. The van der Waals surface area contributed by atoms with Gasteiger partial charge in [0, 0.05) is 42.1 Å². The molecule has 0 unspecified atom stereocenters. The van der Waals surface area contributed by atoms with Gasteiger partial charge in [-0.15, -0.1) is 11.3 Å². The molecule has 1 aliphatic rings. The summed E-state index contributed by atoms with van der Waals surface area (Å²) in [5.41, 5.74) is 1.77. The number of hydrogen-bond donors (Lipinski definition) is 1. The quantitative estimate of drug-likeness (QED) is 0.826. The molecule has 2 heterocycles. The second-order valence-electron chi connectivity index (χ2n) is 5.51. The van der Waals surface area contributed by atoms with Gasteiger partial charge < -0.3 is 10.2 Å². The summed E-state index contributed by atoms with van der Waals surface area (Å²) < 4.78 is 0. The molecule has 0 spiro atoms. The van der Waals surface area contributed by atoms with Crippen LogP contribution in [0.1, 0.15) is 0 Å². The topological polar surface area (TPSA) is 65.5 Å². The highest BCUT2D eigenvalue weighted by atomic mass is 35.5. The molecule has 1 aromatic carbocycles. The molecular formula is C16H17ClN4O2S. The first-order valence-corrected chi connectivity index (χ1v) is 8.83. The average molecular weight is 365 g/mol. The number of aromatic nitrogens is 1. The molecule has 1 saturated heterocycles. The highest BCUT2D eigenvalue weighted by molar-refractivity contribution is 7.14. The first-order chi connectivity index (χ1) is 11.6. The van der Waals surface area contributed by atoms with Crippen molar-refractivity contribution in [2.24, 2.45) is 0 Å². The van der Waals surface area contributed by atoms with Gasteiger partial charge in [-0.1, -0.05) is 23.7 Å². The van der Waals surface area contributed by atoms with E-state index in [0.717, 1.165) is 17.7 Å². The summed E-state index contributed by atoms with van der Waals surface area (Å²) in [7, 11) is 0. The van der Waals surface area contributed by atoms with E-state index in [4.69, 9.17) is 11.6 Å². The fourth-order valence-corrected chi connectivity index (χ4v) is 3.33. The molecule has 2 amide bonds. The van der Waals surface area contributed by atoms with Crippen molar-refractivity contribution in [2.75, 3.05) is 38.0 Å². The first kappa shape index (κ1) is 16.9. The molecule has 1 fully saturated rings. The molecule has 0 saturated carbocycles. The van der Waals surface area contributed by atoms with Crippen molar-refractivity contribution in [1.82, 2.24) is 14.8 Å². The summed E-state index contributed by atoms with van der Waals surface area (Å²) >= 11 is 7.28. The second kappa shape index (κ2) is 7.74. The van der Waals surface area contributed by atoms with Crippen LogP contribution in [0.15, 0.2) is 29.6 Å². The van der Waals surface area contributed by atoms with Crippen LogP contribution in [0.2, 0.25) is 5.02 Å². The van der Waals surface area contributed by atoms with Crippen molar-refractivity contribution in [3.8, 4) is 11.3 Å². The van der Waals surface area contributed by atoms with E-state index in [1.54, 1.807) is 4.90 Å².